The average Bonchev–Trinajstić information content (AvgIpc) is 3.25. The maximum Gasteiger partial charge on any atom is 0.270 e. The van der Waals surface area contributed by atoms with Crippen molar-refractivity contribution >= 4 is 15.7 Å². The zero-order valence-corrected chi connectivity index (χ0v) is 15.4. The lowest BCUT2D eigenvalue weighted by molar-refractivity contribution is -0.123. The number of nitrogens with two attached hydrogens (primary N) is 1. The van der Waals surface area contributed by atoms with E-state index in [2.05, 4.69) is 5.32 Å². The first-order valence-electron chi connectivity index (χ1n) is 8.10. The fourth-order valence-electron chi connectivity index (χ4n) is 2.40. The monoisotopic (exact) mass is 374 g/mol. The van der Waals surface area contributed by atoms with Crippen LogP contribution in [-0.2, 0) is 20.6 Å². The molecule has 0 aliphatic heterocycles. The summed E-state index contributed by atoms with van der Waals surface area (Å²) in [5.74, 6) is -3.41. The third-order valence-corrected chi connectivity index (χ3v) is 7.17. The van der Waals surface area contributed by atoms with Gasteiger partial charge in [0.2, 0.25) is 5.91 Å². The van der Waals surface area contributed by atoms with Crippen molar-refractivity contribution in [1.82, 2.24) is 5.32 Å². The normalized spacial score (nSPS) is 17.2. The van der Waals surface area contributed by atoms with Gasteiger partial charge in [0.25, 0.3) is 5.92 Å². The van der Waals surface area contributed by atoms with Gasteiger partial charge in [0.1, 0.15) is 0 Å². The number of amides is 1. The van der Waals surface area contributed by atoms with E-state index >= 15 is 0 Å². The summed E-state index contributed by atoms with van der Waals surface area (Å²) >= 11 is 0. The molecule has 0 spiro atoms. The number of carbonyl (C=O) groups excluding carboxylic acids is 1. The minimum absolute atomic E-state index is 0.143. The summed E-state index contributed by atoms with van der Waals surface area (Å²) in [6.45, 7) is 3.90. The van der Waals surface area contributed by atoms with Crippen LogP contribution in [0.2, 0.25) is 0 Å². The van der Waals surface area contributed by atoms with Crippen molar-refractivity contribution < 1.29 is 22.0 Å². The quantitative estimate of drug-likeness (QED) is 0.767. The highest BCUT2D eigenvalue weighted by molar-refractivity contribution is 7.92. The predicted molar refractivity (Wildman–Crippen MR) is 91.1 cm³/mol. The van der Waals surface area contributed by atoms with Crippen LogP contribution in [0.1, 0.15) is 45.6 Å². The van der Waals surface area contributed by atoms with E-state index in [1.807, 2.05) is 0 Å². The fraction of sp³-hybridized carbons (Fsp3) is 0.588. The van der Waals surface area contributed by atoms with Gasteiger partial charge in [0, 0.05) is 19.0 Å². The van der Waals surface area contributed by atoms with Gasteiger partial charge in [-0.3, -0.25) is 4.79 Å². The molecule has 1 aliphatic carbocycles. The third-order valence-electron chi connectivity index (χ3n) is 4.63. The fourth-order valence-corrected chi connectivity index (χ4v) is 3.95. The molecule has 25 heavy (non-hydrogen) atoms. The number of rotatable bonds is 7. The highest BCUT2D eigenvalue weighted by Gasteiger charge is 2.46. The number of hydrogen-bond acceptors (Lipinski definition) is 4. The molecule has 1 amide bonds. The highest BCUT2D eigenvalue weighted by atomic mass is 32.2. The van der Waals surface area contributed by atoms with Crippen LogP contribution in [0.4, 0.5) is 8.78 Å². The van der Waals surface area contributed by atoms with E-state index in [0.29, 0.717) is 12.8 Å². The van der Waals surface area contributed by atoms with E-state index in [-0.39, 0.29) is 29.3 Å². The van der Waals surface area contributed by atoms with Crippen molar-refractivity contribution in [2.45, 2.75) is 61.1 Å². The van der Waals surface area contributed by atoms with Crippen molar-refractivity contribution in [1.29, 1.82) is 0 Å². The van der Waals surface area contributed by atoms with Crippen molar-refractivity contribution in [2.24, 2.45) is 5.73 Å². The molecule has 140 valence electrons. The molecule has 1 aromatic rings. The molecule has 0 bridgehead atoms. The van der Waals surface area contributed by atoms with E-state index in [1.54, 1.807) is 0 Å². The standard InChI is InChI=1S/C17H24F2N2O3S/c1-15(2,9-10-21-14(22)17(20)7-8-17)25(23,24)13-6-4-5-12(11-13)16(3,18)19/h4-6,11H,7-10,20H2,1-3H3,(H,21,22). The van der Waals surface area contributed by atoms with Gasteiger partial charge in [-0.2, -0.15) is 0 Å². The van der Waals surface area contributed by atoms with Crippen molar-refractivity contribution in [3.8, 4) is 0 Å². The first-order valence-corrected chi connectivity index (χ1v) is 9.58. The molecular formula is C17H24F2N2O3S. The summed E-state index contributed by atoms with van der Waals surface area (Å²) in [7, 11) is -3.85. The van der Waals surface area contributed by atoms with Gasteiger partial charge in [0.15, 0.2) is 9.84 Å². The van der Waals surface area contributed by atoms with Crippen molar-refractivity contribution in [3.05, 3.63) is 29.8 Å². The van der Waals surface area contributed by atoms with Gasteiger partial charge in [-0.1, -0.05) is 12.1 Å². The second-order valence-corrected chi connectivity index (χ2v) is 9.92. The van der Waals surface area contributed by atoms with E-state index in [1.165, 1.54) is 32.0 Å². The molecule has 0 saturated heterocycles. The molecule has 1 fully saturated rings. The summed E-state index contributed by atoms with van der Waals surface area (Å²) < 4.78 is 51.4. The molecule has 0 heterocycles. The minimum atomic E-state index is -3.85. The highest BCUT2D eigenvalue weighted by Crippen LogP contribution is 2.34. The Bertz CT molecular complexity index is 766. The first-order chi connectivity index (χ1) is 11.3. The Morgan fingerprint density at radius 1 is 1.28 bits per heavy atom. The Morgan fingerprint density at radius 3 is 2.40 bits per heavy atom. The molecule has 0 unspecified atom stereocenters. The van der Waals surface area contributed by atoms with Crippen LogP contribution in [0.5, 0.6) is 0 Å². The Balaban J connectivity index is 2.12. The number of carbonyl (C=O) groups is 1. The van der Waals surface area contributed by atoms with Crippen molar-refractivity contribution in [3.63, 3.8) is 0 Å². The van der Waals surface area contributed by atoms with Crippen LogP contribution in [-0.4, -0.2) is 31.2 Å². The zero-order chi connectivity index (χ0) is 19.1. The van der Waals surface area contributed by atoms with Crippen LogP contribution in [0.15, 0.2) is 29.2 Å². The van der Waals surface area contributed by atoms with Gasteiger partial charge in [-0.15, -0.1) is 0 Å². The maximum absolute atomic E-state index is 13.5. The molecule has 1 aromatic carbocycles. The number of nitrogens with one attached hydrogen (secondary N) is 1. The van der Waals surface area contributed by atoms with Gasteiger partial charge in [0.05, 0.1) is 15.2 Å². The molecule has 5 nitrogen and oxygen atoms in total. The third kappa shape index (κ3) is 4.17. The second-order valence-electron chi connectivity index (χ2n) is 7.34. The van der Waals surface area contributed by atoms with E-state index in [9.17, 15) is 22.0 Å². The Hall–Kier alpha value is -1.54. The van der Waals surface area contributed by atoms with Crippen LogP contribution in [0, 0.1) is 0 Å². The predicted octanol–water partition coefficient (Wildman–Crippen LogP) is 2.35. The Labute approximate surface area is 146 Å². The molecule has 2 rings (SSSR count). The molecule has 8 heteroatoms. The number of hydrogen-bond donors (Lipinski definition) is 2. The lowest BCUT2D eigenvalue weighted by atomic mass is 10.1. The largest absolute Gasteiger partial charge is 0.354 e. The van der Waals surface area contributed by atoms with E-state index < -0.39 is 26.0 Å². The molecule has 0 atom stereocenters. The van der Waals surface area contributed by atoms with Crippen LogP contribution in [0.25, 0.3) is 0 Å². The summed E-state index contributed by atoms with van der Waals surface area (Å²) in [5, 5.41) is 2.65. The second kappa shape index (κ2) is 6.32. The smallest absolute Gasteiger partial charge is 0.270 e. The topological polar surface area (TPSA) is 89.3 Å². The zero-order valence-electron chi connectivity index (χ0n) is 14.6. The first kappa shape index (κ1) is 19.8. The number of alkyl halides is 2. The molecule has 0 aromatic heterocycles. The summed E-state index contributed by atoms with van der Waals surface area (Å²) in [5.41, 5.74) is 4.61. The van der Waals surface area contributed by atoms with Gasteiger partial charge in [-0.25, -0.2) is 17.2 Å². The van der Waals surface area contributed by atoms with Gasteiger partial charge in [-0.05, 0) is 45.2 Å². The van der Waals surface area contributed by atoms with Crippen LogP contribution >= 0.6 is 0 Å². The summed E-state index contributed by atoms with van der Waals surface area (Å²) in [6.07, 6.45) is 1.39. The lowest BCUT2D eigenvalue weighted by Crippen LogP contribution is -2.45. The van der Waals surface area contributed by atoms with Crippen LogP contribution in [0.3, 0.4) is 0 Å². The molecule has 3 N–H and O–H groups in total. The summed E-state index contributed by atoms with van der Waals surface area (Å²) in [4.78, 5) is 11.7. The van der Waals surface area contributed by atoms with E-state index in [4.69, 9.17) is 5.73 Å². The Morgan fingerprint density at radius 2 is 1.88 bits per heavy atom. The lowest BCUT2D eigenvalue weighted by Gasteiger charge is -2.26. The molecule has 1 aliphatic rings. The SMILES string of the molecule is CC(F)(F)c1cccc(S(=O)(=O)C(C)(C)CCNC(=O)C2(N)CC2)c1. The molecule has 0 radical (unpaired) electrons. The molecular weight excluding hydrogens is 350 g/mol. The van der Waals surface area contributed by atoms with Gasteiger partial charge >= 0.3 is 0 Å². The maximum atomic E-state index is 13.5. The Kier molecular flexibility index (Phi) is 5.00. The average molecular weight is 374 g/mol. The number of benzene rings is 1. The van der Waals surface area contributed by atoms with Crippen LogP contribution < -0.4 is 11.1 Å². The number of halogens is 2. The summed E-state index contributed by atoms with van der Waals surface area (Å²) in [6, 6.07) is 4.82. The van der Waals surface area contributed by atoms with Gasteiger partial charge < -0.3 is 11.1 Å². The van der Waals surface area contributed by atoms with Crippen molar-refractivity contribution in [2.75, 3.05) is 6.54 Å². The van der Waals surface area contributed by atoms with E-state index in [0.717, 1.165) is 13.0 Å². The number of sulfone groups is 1. The molecule has 1 saturated carbocycles. The minimum Gasteiger partial charge on any atom is -0.354 e.